The standard InChI is InChI=1S/C23H27N3O4S/c1-15-13-22(17(3)26(15)19-9-11-20(30-5)12-10-19)23(27)25(4)16(2)18-7-6-8-21(14-18)31(24,28)29/h6-14,16H,1-5H3,(H2,24,28,29). The van der Waals surface area contributed by atoms with Crippen LogP contribution in [0.5, 0.6) is 5.75 Å². The second-order valence-corrected chi connectivity index (χ2v) is 9.09. The van der Waals surface area contributed by atoms with Crippen LogP contribution < -0.4 is 9.88 Å². The molecule has 2 N–H and O–H groups in total. The zero-order valence-corrected chi connectivity index (χ0v) is 19.1. The third-order valence-corrected chi connectivity index (χ3v) is 6.47. The van der Waals surface area contributed by atoms with E-state index in [1.54, 1.807) is 31.2 Å². The second kappa shape index (κ2) is 8.56. The molecular weight excluding hydrogens is 414 g/mol. The summed E-state index contributed by atoms with van der Waals surface area (Å²) in [7, 11) is -0.494. The molecule has 0 aliphatic carbocycles. The third kappa shape index (κ3) is 4.50. The van der Waals surface area contributed by atoms with Crippen LogP contribution in [0.4, 0.5) is 0 Å². The van der Waals surface area contributed by atoms with Crippen LogP contribution in [-0.2, 0) is 10.0 Å². The van der Waals surface area contributed by atoms with E-state index in [1.807, 2.05) is 55.7 Å². The van der Waals surface area contributed by atoms with Crippen molar-refractivity contribution in [2.45, 2.75) is 31.7 Å². The van der Waals surface area contributed by atoms with E-state index >= 15 is 0 Å². The Morgan fingerprint density at radius 2 is 1.74 bits per heavy atom. The molecule has 0 fully saturated rings. The molecule has 8 heteroatoms. The first-order chi connectivity index (χ1) is 14.5. The predicted molar refractivity (Wildman–Crippen MR) is 120 cm³/mol. The van der Waals surface area contributed by atoms with Gasteiger partial charge in [-0.05, 0) is 68.8 Å². The predicted octanol–water partition coefficient (Wildman–Crippen LogP) is 3.58. The average molecular weight is 442 g/mol. The van der Waals surface area contributed by atoms with Gasteiger partial charge in [-0.25, -0.2) is 13.6 Å². The van der Waals surface area contributed by atoms with Crippen LogP contribution in [0.15, 0.2) is 59.5 Å². The van der Waals surface area contributed by atoms with E-state index in [0.29, 0.717) is 11.1 Å². The SMILES string of the molecule is COc1ccc(-n2c(C)cc(C(=O)N(C)C(C)c3cccc(S(N)(=O)=O)c3)c2C)cc1. The number of carbonyl (C=O) groups is 1. The van der Waals surface area contributed by atoms with E-state index in [9.17, 15) is 13.2 Å². The molecule has 1 atom stereocenters. The van der Waals surface area contributed by atoms with Crippen molar-refractivity contribution in [2.24, 2.45) is 5.14 Å². The Kier molecular flexibility index (Phi) is 6.24. The van der Waals surface area contributed by atoms with Crippen LogP contribution in [0.3, 0.4) is 0 Å². The van der Waals surface area contributed by atoms with Crippen LogP contribution in [0.25, 0.3) is 5.69 Å². The fourth-order valence-electron chi connectivity index (χ4n) is 3.65. The summed E-state index contributed by atoms with van der Waals surface area (Å²) in [4.78, 5) is 14.9. The Morgan fingerprint density at radius 3 is 2.32 bits per heavy atom. The maximum absolute atomic E-state index is 13.3. The molecule has 0 bridgehead atoms. The summed E-state index contributed by atoms with van der Waals surface area (Å²) in [6, 6.07) is 15.5. The van der Waals surface area contributed by atoms with Crippen LogP contribution in [0.1, 0.15) is 40.3 Å². The zero-order chi connectivity index (χ0) is 22.9. The van der Waals surface area contributed by atoms with Gasteiger partial charge in [-0.15, -0.1) is 0 Å². The molecule has 2 aromatic carbocycles. The minimum Gasteiger partial charge on any atom is -0.497 e. The quantitative estimate of drug-likeness (QED) is 0.632. The van der Waals surface area contributed by atoms with E-state index in [4.69, 9.17) is 9.88 Å². The number of hydrogen-bond donors (Lipinski definition) is 1. The lowest BCUT2D eigenvalue weighted by atomic mass is 10.1. The van der Waals surface area contributed by atoms with E-state index in [1.165, 1.54) is 12.1 Å². The molecule has 1 unspecified atom stereocenters. The number of aryl methyl sites for hydroxylation is 1. The van der Waals surface area contributed by atoms with Gasteiger partial charge in [0.05, 0.1) is 23.6 Å². The second-order valence-electron chi connectivity index (χ2n) is 7.53. The van der Waals surface area contributed by atoms with Crippen molar-refractivity contribution in [3.63, 3.8) is 0 Å². The minimum absolute atomic E-state index is 0.0235. The number of hydrogen-bond acceptors (Lipinski definition) is 4. The van der Waals surface area contributed by atoms with Gasteiger partial charge >= 0.3 is 0 Å². The zero-order valence-electron chi connectivity index (χ0n) is 18.3. The lowest BCUT2D eigenvalue weighted by molar-refractivity contribution is 0.0742. The topological polar surface area (TPSA) is 94.6 Å². The van der Waals surface area contributed by atoms with Crippen LogP contribution in [0.2, 0.25) is 0 Å². The molecule has 31 heavy (non-hydrogen) atoms. The number of primary sulfonamides is 1. The smallest absolute Gasteiger partial charge is 0.255 e. The fraction of sp³-hybridized carbons (Fsp3) is 0.261. The normalized spacial score (nSPS) is 12.5. The van der Waals surface area contributed by atoms with Gasteiger partial charge in [0.2, 0.25) is 10.0 Å². The van der Waals surface area contributed by atoms with Crippen molar-refractivity contribution in [1.82, 2.24) is 9.47 Å². The Hall–Kier alpha value is -3.10. The van der Waals surface area contributed by atoms with Gasteiger partial charge < -0.3 is 14.2 Å². The van der Waals surface area contributed by atoms with Crippen molar-refractivity contribution in [3.05, 3.63) is 77.1 Å². The number of aromatic nitrogens is 1. The summed E-state index contributed by atoms with van der Waals surface area (Å²) < 4.78 is 30.6. The van der Waals surface area contributed by atoms with Crippen LogP contribution in [0, 0.1) is 13.8 Å². The number of benzene rings is 2. The summed E-state index contributed by atoms with van der Waals surface area (Å²) in [5.41, 5.74) is 3.97. The Morgan fingerprint density at radius 1 is 1.10 bits per heavy atom. The van der Waals surface area contributed by atoms with E-state index in [0.717, 1.165) is 22.8 Å². The van der Waals surface area contributed by atoms with Crippen molar-refractivity contribution in [3.8, 4) is 11.4 Å². The largest absolute Gasteiger partial charge is 0.497 e. The third-order valence-electron chi connectivity index (χ3n) is 5.56. The molecule has 0 spiro atoms. The Bertz CT molecular complexity index is 1210. The Labute approximate surface area is 183 Å². The van der Waals surface area contributed by atoms with Gasteiger partial charge in [0.1, 0.15) is 5.75 Å². The monoisotopic (exact) mass is 441 g/mol. The highest BCUT2D eigenvalue weighted by atomic mass is 32.2. The molecule has 3 aromatic rings. The van der Waals surface area contributed by atoms with Gasteiger partial charge in [0.25, 0.3) is 5.91 Å². The molecule has 1 amide bonds. The molecule has 0 radical (unpaired) electrons. The highest BCUT2D eigenvalue weighted by Crippen LogP contribution is 2.27. The number of ether oxygens (including phenoxy) is 1. The van der Waals surface area contributed by atoms with Gasteiger partial charge in [-0.1, -0.05) is 12.1 Å². The Balaban J connectivity index is 1.92. The number of amides is 1. The lowest BCUT2D eigenvalue weighted by Crippen LogP contribution is -2.30. The summed E-state index contributed by atoms with van der Waals surface area (Å²) in [5.74, 6) is 0.610. The molecule has 3 rings (SSSR count). The molecule has 1 heterocycles. The van der Waals surface area contributed by atoms with Crippen molar-refractivity contribution in [2.75, 3.05) is 14.2 Å². The number of nitrogens with two attached hydrogens (primary N) is 1. The van der Waals surface area contributed by atoms with Crippen LogP contribution in [-0.4, -0.2) is 37.9 Å². The number of nitrogens with zero attached hydrogens (tertiary/aromatic N) is 2. The van der Waals surface area contributed by atoms with Gasteiger partial charge in [-0.2, -0.15) is 0 Å². The first kappa shape index (κ1) is 22.6. The fourth-order valence-corrected chi connectivity index (χ4v) is 4.22. The van der Waals surface area contributed by atoms with Gasteiger partial charge in [-0.3, -0.25) is 4.79 Å². The molecular formula is C23H27N3O4S. The van der Waals surface area contributed by atoms with Crippen LogP contribution >= 0.6 is 0 Å². The van der Waals surface area contributed by atoms with Gasteiger partial charge in [0, 0.05) is 24.1 Å². The molecule has 0 aliphatic rings. The molecule has 0 aliphatic heterocycles. The average Bonchev–Trinajstić information content (AvgIpc) is 3.05. The number of rotatable bonds is 6. The molecule has 7 nitrogen and oxygen atoms in total. The van der Waals surface area contributed by atoms with E-state index in [2.05, 4.69) is 0 Å². The van der Waals surface area contributed by atoms with E-state index < -0.39 is 10.0 Å². The van der Waals surface area contributed by atoms with Crippen molar-refractivity contribution in [1.29, 1.82) is 0 Å². The minimum atomic E-state index is -3.82. The number of sulfonamides is 1. The maximum Gasteiger partial charge on any atom is 0.255 e. The highest BCUT2D eigenvalue weighted by molar-refractivity contribution is 7.89. The lowest BCUT2D eigenvalue weighted by Gasteiger charge is -2.26. The molecule has 1 aromatic heterocycles. The molecule has 0 saturated carbocycles. The summed E-state index contributed by atoms with van der Waals surface area (Å²) in [6.45, 7) is 5.71. The maximum atomic E-state index is 13.3. The summed E-state index contributed by atoms with van der Waals surface area (Å²) in [6.07, 6.45) is 0. The summed E-state index contributed by atoms with van der Waals surface area (Å²) >= 11 is 0. The van der Waals surface area contributed by atoms with Crippen molar-refractivity contribution < 1.29 is 17.9 Å². The first-order valence-corrected chi connectivity index (χ1v) is 11.3. The van der Waals surface area contributed by atoms with Crippen molar-refractivity contribution >= 4 is 15.9 Å². The first-order valence-electron chi connectivity index (χ1n) is 9.78. The number of carbonyl (C=O) groups excluding carboxylic acids is 1. The summed E-state index contributed by atoms with van der Waals surface area (Å²) in [5, 5.41) is 5.25. The van der Waals surface area contributed by atoms with Gasteiger partial charge in [0.15, 0.2) is 0 Å². The highest BCUT2D eigenvalue weighted by Gasteiger charge is 2.24. The number of methoxy groups -OCH3 is 1. The molecule has 164 valence electrons. The molecule has 0 saturated heterocycles. The van der Waals surface area contributed by atoms with E-state index in [-0.39, 0.29) is 16.8 Å².